The molecular formula is C20H23Cl3N2O2S. The number of alkyl halides is 2. The van der Waals surface area contributed by atoms with Crippen LogP contribution in [0.2, 0.25) is 5.02 Å². The van der Waals surface area contributed by atoms with E-state index >= 15 is 0 Å². The van der Waals surface area contributed by atoms with Gasteiger partial charge < -0.3 is 4.74 Å². The first kappa shape index (κ1) is 21.8. The number of ether oxygens (including phenoxy) is 1. The van der Waals surface area contributed by atoms with Gasteiger partial charge in [-0.2, -0.15) is 5.10 Å². The minimum absolute atomic E-state index is 0.0330. The van der Waals surface area contributed by atoms with E-state index in [0.29, 0.717) is 10.6 Å². The SMILES string of the molecule is CC(Oc1ccc(CSc2cnn(C(C)(C)C)c(=O)c2Cl)cc1)C1CC1(Cl)Cl. The predicted octanol–water partition coefficient (Wildman–Crippen LogP) is 5.91. The molecule has 1 aliphatic rings. The number of hydrogen-bond acceptors (Lipinski definition) is 4. The van der Waals surface area contributed by atoms with Crippen molar-refractivity contribution in [2.45, 2.75) is 60.7 Å². The summed E-state index contributed by atoms with van der Waals surface area (Å²) in [5, 5.41) is 4.47. The maximum absolute atomic E-state index is 12.4. The van der Waals surface area contributed by atoms with Gasteiger partial charge in [0.15, 0.2) is 0 Å². The van der Waals surface area contributed by atoms with Crippen molar-refractivity contribution in [3.05, 3.63) is 51.4 Å². The minimum Gasteiger partial charge on any atom is -0.490 e. The smallest absolute Gasteiger partial charge is 0.287 e. The van der Waals surface area contributed by atoms with Gasteiger partial charge in [0.2, 0.25) is 0 Å². The Morgan fingerprint density at radius 3 is 2.46 bits per heavy atom. The highest BCUT2D eigenvalue weighted by molar-refractivity contribution is 7.98. The van der Waals surface area contributed by atoms with Gasteiger partial charge in [-0.15, -0.1) is 35.0 Å². The molecule has 0 amide bonds. The summed E-state index contributed by atoms with van der Waals surface area (Å²) in [4.78, 5) is 13.1. The Bertz CT molecular complexity index is 907. The standard InChI is InChI=1S/C20H23Cl3N2O2S/c1-12(15-9-20(15,22)23)27-14-7-5-13(6-8-14)11-28-16-10-24-25(19(2,3)4)18(26)17(16)21/h5-8,10,12,15H,9,11H2,1-4H3. The van der Waals surface area contributed by atoms with Crippen molar-refractivity contribution < 1.29 is 4.74 Å². The quantitative estimate of drug-likeness (QED) is 0.396. The van der Waals surface area contributed by atoms with E-state index in [1.165, 1.54) is 16.4 Å². The molecular weight excluding hydrogens is 439 g/mol. The summed E-state index contributed by atoms with van der Waals surface area (Å²) in [5.41, 5.74) is 0.410. The average Bonchev–Trinajstić information content (AvgIpc) is 3.25. The molecule has 4 nitrogen and oxygen atoms in total. The van der Waals surface area contributed by atoms with Crippen LogP contribution in [0.25, 0.3) is 0 Å². The van der Waals surface area contributed by atoms with Gasteiger partial charge >= 0.3 is 0 Å². The lowest BCUT2D eigenvalue weighted by atomic mass is 10.1. The van der Waals surface area contributed by atoms with Gasteiger partial charge in [0, 0.05) is 11.7 Å². The summed E-state index contributed by atoms with van der Waals surface area (Å²) < 4.78 is 6.68. The number of hydrogen-bond donors (Lipinski definition) is 0. The second kappa shape index (κ2) is 8.10. The van der Waals surface area contributed by atoms with Gasteiger partial charge in [-0.05, 0) is 51.8 Å². The van der Waals surface area contributed by atoms with Crippen LogP contribution >= 0.6 is 46.6 Å². The maximum atomic E-state index is 12.4. The summed E-state index contributed by atoms with van der Waals surface area (Å²) in [6.07, 6.45) is 2.38. The predicted molar refractivity (Wildman–Crippen MR) is 117 cm³/mol. The van der Waals surface area contributed by atoms with Gasteiger partial charge in [-0.1, -0.05) is 23.7 Å². The molecule has 0 saturated heterocycles. The third-order valence-corrected chi connectivity index (χ3v) is 7.05. The molecule has 1 aliphatic carbocycles. The van der Waals surface area contributed by atoms with Crippen LogP contribution in [-0.4, -0.2) is 20.2 Å². The zero-order chi connectivity index (χ0) is 20.7. The van der Waals surface area contributed by atoms with Crippen molar-refractivity contribution in [2.24, 2.45) is 5.92 Å². The van der Waals surface area contributed by atoms with Crippen LogP contribution in [0.5, 0.6) is 5.75 Å². The first-order chi connectivity index (χ1) is 13.0. The van der Waals surface area contributed by atoms with Crippen molar-refractivity contribution in [3.8, 4) is 5.75 Å². The third-order valence-electron chi connectivity index (χ3n) is 4.60. The molecule has 3 rings (SSSR count). The van der Waals surface area contributed by atoms with E-state index in [0.717, 1.165) is 17.7 Å². The van der Waals surface area contributed by atoms with Crippen LogP contribution in [-0.2, 0) is 11.3 Å². The fraction of sp³-hybridized carbons (Fsp3) is 0.500. The molecule has 1 saturated carbocycles. The van der Waals surface area contributed by atoms with Gasteiger partial charge in [-0.3, -0.25) is 4.79 Å². The largest absolute Gasteiger partial charge is 0.490 e. The lowest BCUT2D eigenvalue weighted by Gasteiger charge is -2.21. The number of thioether (sulfide) groups is 1. The normalized spacial score (nSPS) is 19.3. The Balaban J connectivity index is 1.61. The Labute approximate surface area is 184 Å². The molecule has 2 aromatic rings. The first-order valence-electron chi connectivity index (χ1n) is 9.03. The van der Waals surface area contributed by atoms with Gasteiger partial charge in [0.05, 0.1) is 16.6 Å². The summed E-state index contributed by atoms with van der Waals surface area (Å²) in [7, 11) is 0. The Morgan fingerprint density at radius 2 is 1.93 bits per heavy atom. The second-order valence-corrected chi connectivity index (χ2v) is 11.0. The summed E-state index contributed by atoms with van der Waals surface area (Å²) >= 11 is 19.9. The lowest BCUT2D eigenvalue weighted by Crippen LogP contribution is -2.36. The molecule has 0 bridgehead atoms. The van der Waals surface area contributed by atoms with Gasteiger partial charge in [0.1, 0.15) is 21.2 Å². The second-order valence-electron chi connectivity index (χ2n) is 8.04. The maximum Gasteiger partial charge on any atom is 0.287 e. The molecule has 2 atom stereocenters. The Kier molecular flexibility index (Phi) is 6.31. The zero-order valence-electron chi connectivity index (χ0n) is 16.2. The van der Waals surface area contributed by atoms with E-state index in [1.54, 1.807) is 6.20 Å². The molecule has 2 unspecified atom stereocenters. The van der Waals surface area contributed by atoms with E-state index in [4.69, 9.17) is 39.5 Å². The number of rotatable bonds is 6. The summed E-state index contributed by atoms with van der Waals surface area (Å²) in [5.74, 6) is 1.62. The molecule has 8 heteroatoms. The minimum atomic E-state index is -0.648. The van der Waals surface area contributed by atoms with Crippen molar-refractivity contribution in [2.75, 3.05) is 0 Å². The number of benzene rings is 1. The van der Waals surface area contributed by atoms with E-state index in [9.17, 15) is 4.79 Å². The summed E-state index contributed by atoms with van der Waals surface area (Å²) in [6.45, 7) is 7.73. The molecule has 152 valence electrons. The third kappa shape index (κ3) is 4.99. The highest BCUT2D eigenvalue weighted by Crippen LogP contribution is 2.55. The Morgan fingerprint density at radius 1 is 1.32 bits per heavy atom. The van der Waals surface area contributed by atoms with Crippen molar-refractivity contribution in [1.29, 1.82) is 0 Å². The molecule has 0 N–H and O–H groups in total. The van der Waals surface area contributed by atoms with Crippen molar-refractivity contribution in [1.82, 2.24) is 9.78 Å². The molecule has 0 spiro atoms. The fourth-order valence-electron chi connectivity index (χ4n) is 2.86. The van der Waals surface area contributed by atoms with Crippen LogP contribution in [0.1, 0.15) is 39.7 Å². The molecule has 0 radical (unpaired) electrons. The number of nitrogens with zero attached hydrogens (tertiary/aromatic N) is 2. The number of halogens is 3. The summed E-state index contributed by atoms with van der Waals surface area (Å²) in [6, 6.07) is 7.84. The van der Waals surface area contributed by atoms with Crippen LogP contribution in [0.4, 0.5) is 0 Å². The molecule has 0 aliphatic heterocycles. The topological polar surface area (TPSA) is 44.1 Å². The highest BCUT2D eigenvalue weighted by atomic mass is 35.5. The lowest BCUT2D eigenvalue weighted by molar-refractivity contribution is 0.197. The van der Waals surface area contributed by atoms with Gasteiger partial charge in [-0.25, -0.2) is 4.68 Å². The van der Waals surface area contributed by atoms with Crippen LogP contribution in [0.15, 0.2) is 40.2 Å². The molecule has 1 fully saturated rings. The zero-order valence-corrected chi connectivity index (χ0v) is 19.3. The number of aromatic nitrogens is 2. The first-order valence-corrected chi connectivity index (χ1v) is 11.2. The monoisotopic (exact) mass is 460 g/mol. The van der Waals surface area contributed by atoms with Crippen LogP contribution in [0, 0.1) is 5.92 Å². The average molecular weight is 462 g/mol. The molecule has 1 aromatic heterocycles. The van der Waals surface area contributed by atoms with E-state index < -0.39 is 9.87 Å². The van der Waals surface area contributed by atoms with Crippen molar-refractivity contribution in [3.63, 3.8) is 0 Å². The van der Waals surface area contributed by atoms with E-state index in [-0.39, 0.29) is 22.6 Å². The van der Waals surface area contributed by atoms with Crippen LogP contribution < -0.4 is 10.3 Å². The molecule has 1 heterocycles. The van der Waals surface area contributed by atoms with Crippen LogP contribution in [0.3, 0.4) is 0 Å². The van der Waals surface area contributed by atoms with Gasteiger partial charge in [0.25, 0.3) is 5.56 Å². The highest BCUT2D eigenvalue weighted by Gasteiger charge is 2.55. The molecule has 28 heavy (non-hydrogen) atoms. The van der Waals surface area contributed by atoms with Crippen molar-refractivity contribution >= 4 is 46.6 Å². The Hall–Kier alpha value is -0.880. The molecule has 1 aromatic carbocycles. The van der Waals surface area contributed by atoms with E-state index in [2.05, 4.69) is 5.10 Å². The fourth-order valence-corrected chi connectivity index (χ4v) is 4.69. The van der Waals surface area contributed by atoms with E-state index in [1.807, 2.05) is 52.0 Å².